The van der Waals surface area contributed by atoms with Crippen molar-refractivity contribution in [1.29, 1.82) is 0 Å². The van der Waals surface area contributed by atoms with Crippen molar-refractivity contribution in [2.24, 2.45) is 0 Å². The molecular weight excluding hydrogens is 396 g/mol. The zero-order chi connectivity index (χ0) is 22.4. The number of benzene rings is 2. The van der Waals surface area contributed by atoms with Crippen LogP contribution < -0.4 is 25.6 Å². The molecule has 0 unspecified atom stereocenters. The number of hydrogen-bond acceptors (Lipinski definition) is 5. The van der Waals surface area contributed by atoms with E-state index >= 15 is 0 Å². The van der Waals surface area contributed by atoms with Crippen LogP contribution in [0.1, 0.15) is 27.2 Å². The number of para-hydroxylation sites is 2. The fraction of sp³-hybridized carbons (Fsp3) is 0.348. The molecule has 3 amide bonds. The van der Waals surface area contributed by atoms with Crippen LogP contribution in [-0.4, -0.2) is 43.0 Å². The summed E-state index contributed by atoms with van der Waals surface area (Å²) in [5.74, 6) is 0.0119. The summed E-state index contributed by atoms with van der Waals surface area (Å²) in [4.78, 5) is 38.5. The SMILES string of the molecule is CCCNC(=O)[C@@H]1CN([C@@H](C)C(=O)Nc2ccc(NC(C)=O)cc2)c2ccccc2O1. The molecule has 1 heterocycles. The van der Waals surface area contributed by atoms with Gasteiger partial charge in [0.25, 0.3) is 5.91 Å². The van der Waals surface area contributed by atoms with Gasteiger partial charge in [0.15, 0.2) is 6.10 Å². The molecule has 0 saturated heterocycles. The number of nitrogens with zero attached hydrogens (tertiary/aromatic N) is 1. The van der Waals surface area contributed by atoms with Crippen molar-refractivity contribution in [3.05, 3.63) is 48.5 Å². The van der Waals surface area contributed by atoms with Crippen molar-refractivity contribution >= 4 is 34.8 Å². The summed E-state index contributed by atoms with van der Waals surface area (Å²) in [5.41, 5.74) is 2.04. The average Bonchev–Trinajstić information content (AvgIpc) is 2.77. The number of amides is 3. The highest BCUT2D eigenvalue weighted by Gasteiger charge is 2.34. The molecule has 31 heavy (non-hydrogen) atoms. The first-order chi connectivity index (χ1) is 14.9. The van der Waals surface area contributed by atoms with E-state index in [9.17, 15) is 14.4 Å². The Hall–Kier alpha value is -3.55. The fourth-order valence-corrected chi connectivity index (χ4v) is 3.36. The van der Waals surface area contributed by atoms with Crippen molar-refractivity contribution in [3.8, 4) is 5.75 Å². The van der Waals surface area contributed by atoms with E-state index in [0.29, 0.717) is 23.7 Å². The van der Waals surface area contributed by atoms with Crippen LogP contribution in [0.4, 0.5) is 17.1 Å². The molecule has 0 fully saturated rings. The summed E-state index contributed by atoms with van der Waals surface area (Å²) >= 11 is 0. The van der Waals surface area contributed by atoms with E-state index in [1.165, 1.54) is 6.92 Å². The molecule has 1 aliphatic rings. The largest absolute Gasteiger partial charge is 0.477 e. The number of rotatable bonds is 7. The van der Waals surface area contributed by atoms with E-state index in [2.05, 4.69) is 16.0 Å². The summed E-state index contributed by atoms with van der Waals surface area (Å²) in [6, 6.07) is 13.7. The van der Waals surface area contributed by atoms with Gasteiger partial charge in [-0.15, -0.1) is 0 Å². The molecule has 0 radical (unpaired) electrons. The van der Waals surface area contributed by atoms with Crippen LogP contribution in [0.2, 0.25) is 0 Å². The van der Waals surface area contributed by atoms with E-state index in [4.69, 9.17) is 4.74 Å². The van der Waals surface area contributed by atoms with Gasteiger partial charge in [-0.3, -0.25) is 14.4 Å². The van der Waals surface area contributed by atoms with E-state index in [0.717, 1.165) is 12.1 Å². The number of ether oxygens (including phenoxy) is 1. The molecule has 8 nitrogen and oxygen atoms in total. The normalized spacial score (nSPS) is 15.8. The van der Waals surface area contributed by atoms with Crippen LogP contribution in [0.5, 0.6) is 5.75 Å². The summed E-state index contributed by atoms with van der Waals surface area (Å²) in [7, 11) is 0. The molecule has 164 valence electrons. The Kier molecular flexibility index (Phi) is 7.12. The highest BCUT2D eigenvalue weighted by Crippen LogP contribution is 2.34. The highest BCUT2D eigenvalue weighted by molar-refractivity contribution is 5.98. The summed E-state index contributed by atoms with van der Waals surface area (Å²) < 4.78 is 5.89. The number of fused-ring (bicyclic) bond motifs is 1. The molecule has 3 N–H and O–H groups in total. The van der Waals surface area contributed by atoms with Gasteiger partial charge in [-0.05, 0) is 49.7 Å². The van der Waals surface area contributed by atoms with Crippen LogP contribution in [0.25, 0.3) is 0 Å². The Morgan fingerprint density at radius 1 is 1.06 bits per heavy atom. The van der Waals surface area contributed by atoms with Crippen molar-refractivity contribution in [2.45, 2.75) is 39.3 Å². The maximum atomic E-state index is 13.0. The standard InChI is InChI=1S/C23H28N4O4/c1-4-13-24-23(30)21-14-27(19-7-5-6-8-20(19)31-21)15(2)22(29)26-18-11-9-17(10-12-18)25-16(3)28/h5-12,15,21H,4,13-14H2,1-3H3,(H,24,30)(H,25,28)(H,26,29)/t15-,21-/m0/s1. The van der Waals surface area contributed by atoms with Gasteiger partial charge in [0.05, 0.1) is 12.2 Å². The number of anilines is 3. The Labute approximate surface area is 182 Å². The lowest BCUT2D eigenvalue weighted by Gasteiger charge is -2.38. The lowest BCUT2D eigenvalue weighted by Crippen LogP contribution is -2.54. The zero-order valence-corrected chi connectivity index (χ0v) is 18.0. The lowest BCUT2D eigenvalue weighted by atomic mass is 10.1. The minimum atomic E-state index is -0.700. The summed E-state index contributed by atoms with van der Waals surface area (Å²) in [6.45, 7) is 6.06. The van der Waals surface area contributed by atoms with Crippen LogP contribution in [0, 0.1) is 0 Å². The van der Waals surface area contributed by atoms with Crippen LogP contribution in [0.3, 0.4) is 0 Å². The Morgan fingerprint density at radius 3 is 2.35 bits per heavy atom. The molecule has 2 aromatic carbocycles. The maximum Gasteiger partial charge on any atom is 0.262 e. The van der Waals surface area contributed by atoms with E-state index in [-0.39, 0.29) is 24.3 Å². The molecule has 0 aliphatic carbocycles. The van der Waals surface area contributed by atoms with Gasteiger partial charge < -0.3 is 25.6 Å². The maximum absolute atomic E-state index is 13.0. The minimum absolute atomic E-state index is 0.158. The summed E-state index contributed by atoms with van der Waals surface area (Å²) in [5, 5.41) is 8.44. The Balaban J connectivity index is 1.73. The molecule has 1 aliphatic heterocycles. The Bertz CT molecular complexity index is 945. The van der Waals surface area contributed by atoms with E-state index < -0.39 is 12.1 Å². The number of carbonyl (C=O) groups excluding carboxylic acids is 3. The third-order valence-electron chi connectivity index (χ3n) is 4.97. The van der Waals surface area contributed by atoms with Crippen molar-refractivity contribution in [3.63, 3.8) is 0 Å². The number of carbonyl (C=O) groups is 3. The minimum Gasteiger partial charge on any atom is -0.477 e. The van der Waals surface area contributed by atoms with Crippen LogP contribution >= 0.6 is 0 Å². The summed E-state index contributed by atoms with van der Waals surface area (Å²) in [6.07, 6.45) is 0.131. The third-order valence-corrected chi connectivity index (χ3v) is 4.97. The topological polar surface area (TPSA) is 99.8 Å². The number of nitrogens with one attached hydrogen (secondary N) is 3. The van der Waals surface area contributed by atoms with Gasteiger partial charge in [0.1, 0.15) is 11.8 Å². The molecular formula is C23H28N4O4. The molecule has 3 rings (SSSR count). The monoisotopic (exact) mass is 424 g/mol. The number of hydrogen-bond donors (Lipinski definition) is 3. The molecule has 0 saturated carbocycles. The first kappa shape index (κ1) is 22.1. The molecule has 0 bridgehead atoms. The molecule has 2 atom stereocenters. The lowest BCUT2D eigenvalue weighted by molar-refractivity contribution is -0.128. The van der Waals surface area contributed by atoms with Crippen molar-refractivity contribution < 1.29 is 19.1 Å². The molecule has 0 spiro atoms. The van der Waals surface area contributed by atoms with Gasteiger partial charge in [-0.2, -0.15) is 0 Å². The van der Waals surface area contributed by atoms with Gasteiger partial charge in [0.2, 0.25) is 11.8 Å². The van der Waals surface area contributed by atoms with Gasteiger partial charge in [0, 0.05) is 24.8 Å². The third kappa shape index (κ3) is 5.53. The molecule has 2 aromatic rings. The first-order valence-electron chi connectivity index (χ1n) is 10.4. The van der Waals surface area contributed by atoms with Crippen LogP contribution in [-0.2, 0) is 14.4 Å². The second kappa shape index (κ2) is 9.97. The fourth-order valence-electron chi connectivity index (χ4n) is 3.36. The second-order valence-corrected chi connectivity index (χ2v) is 7.44. The first-order valence-corrected chi connectivity index (χ1v) is 10.4. The average molecular weight is 425 g/mol. The second-order valence-electron chi connectivity index (χ2n) is 7.44. The predicted molar refractivity (Wildman–Crippen MR) is 120 cm³/mol. The highest BCUT2D eigenvalue weighted by atomic mass is 16.5. The van der Waals surface area contributed by atoms with Gasteiger partial charge >= 0.3 is 0 Å². The zero-order valence-electron chi connectivity index (χ0n) is 18.0. The molecule has 0 aromatic heterocycles. The van der Waals surface area contributed by atoms with Crippen molar-refractivity contribution in [2.75, 3.05) is 28.6 Å². The van der Waals surface area contributed by atoms with Crippen molar-refractivity contribution in [1.82, 2.24) is 5.32 Å². The van der Waals surface area contributed by atoms with Gasteiger partial charge in [-0.25, -0.2) is 0 Å². The van der Waals surface area contributed by atoms with Crippen LogP contribution in [0.15, 0.2) is 48.5 Å². The van der Waals surface area contributed by atoms with E-state index in [1.807, 2.05) is 30.0 Å². The smallest absolute Gasteiger partial charge is 0.262 e. The molecule has 8 heteroatoms. The predicted octanol–water partition coefficient (Wildman–Crippen LogP) is 2.77. The quantitative estimate of drug-likeness (QED) is 0.635. The van der Waals surface area contributed by atoms with Gasteiger partial charge in [-0.1, -0.05) is 19.1 Å². The van der Waals surface area contributed by atoms with E-state index in [1.54, 1.807) is 37.3 Å². The Morgan fingerprint density at radius 2 is 1.71 bits per heavy atom.